The molecule has 3 fully saturated rings. The molecule has 0 aliphatic carbocycles. The Hall–Kier alpha value is -2.61. The summed E-state index contributed by atoms with van der Waals surface area (Å²) < 4.78 is 5.11. The lowest BCUT2D eigenvalue weighted by Gasteiger charge is -2.44. The third-order valence-corrected chi connectivity index (χ3v) is 6.53. The second-order valence-electron chi connectivity index (χ2n) is 8.38. The second-order valence-corrected chi connectivity index (χ2v) is 8.38. The monoisotopic (exact) mass is 414 g/mol. The molecule has 30 heavy (non-hydrogen) atoms. The molecule has 0 spiro atoms. The molecule has 0 aromatic heterocycles. The molecule has 4 rings (SSSR count). The Morgan fingerprint density at radius 1 is 1.13 bits per heavy atom. The third-order valence-electron chi connectivity index (χ3n) is 6.53. The van der Waals surface area contributed by atoms with Gasteiger partial charge in [-0.3, -0.25) is 9.59 Å². The zero-order valence-electron chi connectivity index (χ0n) is 17.4. The number of imide groups is 1. The van der Waals surface area contributed by atoms with Gasteiger partial charge in [0, 0.05) is 12.6 Å². The lowest BCUT2D eigenvalue weighted by Crippen LogP contribution is -2.51. The summed E-state index contributed by atoms with van der Waals surface area (Å²) in [7, 11) is 1.55. The number of urea groups is 1. The van der Waals surface area contributed by atoms with Crippen molar-refractivity contribution in [1.82, 2.24) is 15.5 Å². The molecule has 0 unspecified atom stereocenters. The Morgan fingerprint density at radius 3 is 2.67 bits per heavy atom. The van der Waals surface area contributed by atoms with Crippen molar-refractivity contribution in [3.63, 3.8) is 0 Å². The number of methoxy groups -OCH3 is 1. The van der Waals surface area contributed by atoms with Gasteiger partial charge in [-0.2, -0.15) is 0 Å². The maximum atomic E-state index is 12.7. The van der Waals surface area contributed by atoms with E-state index in [1.807, 2.05) is 0 Å². The van der Waals surface area contributed by atoms with Crippen LogP contribution in [0.1, 0.15) is 38.5 Å². The number of nitrogens with one attached hydrogen (secondary N) is 2. The first-order chi connectivity index (χ1) is 14.6. The van der Waals surface area contributed by atoms with E-state index in [4.69, 9.17) is 4.74 Å². The highest BCUT2D eigenvalue weighted by Crippen LogP contribution is 2.30. The number of hydrogen-bond acceptors (Lipinski definition) is 5. The summed E-state index contributed by atoms with van der Waals surface area (Å²) in [6, 6.07) is 5.90. The van der Waals surface area contributed by atoms with Crippen LogP contribution < -0.4 is 20.3 Å². The number of amides is 4. The highest BCUT2D eigenvalue weighted by molar-refractivity contribution is 6.22. The number of nitrogens with zero attached hydrogens (tertiary/aromatic N) is 2. The summed E-state index contributed by atoms with van der Waals surface area (Å²) >= 11 is 0. The Bertz CT molecular complexity index is 795. The molecule has 3 heterocycles. The van der Waals surface area contributed by atoms with Crippen LogP contribution in [0, 0.1) is 5.92 Å². The van der Waals surface area contributed by atoms with Gasteiger partial charge >= 0.3 is 6.03 Å². The van der Waals surface area contributed by atoms with E-state index < -0.39 is 18.0 Å². The van der Waals surface area contributed by atoms with Gasteiger partial charge in [0.2, 0.25) is 5.91 Å². The van der Waals surface area contributed by atoms with Crippen LogP contribution in [0.2, 0.25) is 0 Å². The second kappa shape index (κ2) is 9.04. The first kappa shape index (κ1) is 20.7. The van der Waals surface area contributed by atoms with Gasteiger partial charge in [-0.15, -0.1) is 0 Å². The van der Waals surface area contributed by atoms with E-state index in [1.54, 1.807) is 31.4 Å². The van der Waals surface area contributed by atoms with Crippen molar-refractivity contribution in [2.45, 2.75) is 50.6 Å². The van der Waals surface area contributed by atoms with Crippen LogP contribution in [0.5, 0.6) is 5.75 Å². The smallest absolute Gasteiger partial charge is 0.329 e. The van der Waals surface area contributed by atoms with E-state index in [-0.39, 0.29) is 12.3 Å². The molecule has 1 aromatic rings. The van der Waals surface area contributed by atoms with Gasteiger partial charge in [-0.05, 0) is 69.0 Å². The molecule has 3 atom stereocenters. The van der Waals surface area contributed by atoms with Crippen molar-refractivity contribution >= 4 is 23.5 Å². The Kier molecular flexibility index (Phi) is 6.22. The predicted molar refractivity (Wildman–Crippen MR) is 112 cm³/mol. The fraction of sp³-hybridized carbons (Fsp3) is 0.591. The minimum absolute atomic E-state index is 0.0433. The van der Waals surface area contributed by atoms with Gasteiger partial charge in [0.25, 0.3) is 5.91 Å². The van der Waals surface area contributed by atoms with Crippen LogP contribution in [0.25, 0.3) is 0 Å². The van der Waals surface area contributed by atoms with Gasteiger partial charge in [0.1, 0.15) is 11.8 Å². The van der Waals surface area contributed by atoms with Crippen LogP contribution in [0.3, 0.4) is 0 Å². The maximum Gasteiger partial charge on any atom is 0.329 e. The summed E-state index contributed by atoms with van der Waals surface area (Å²) in [4.78, 5) is 41.2. The minimum Gasteiger partial charge on any atom is -0.497 e. The molecule has 3 saturated heterocycles. The molecule has 3 aliphatic rings. The van der Waals surface area contributed by atoms with Crippen molar-refractivity contribution in [2.24, 2.45) is 5.92 Å². The van der Waals surface area contributed by atoms with Crippen molar-refractivity contribution in [3.8, 4) is 5.75 Å². The maximum absolute atomic E-state index is 12.7. The number of hydrogen-bond donors (Lipinski definition) is 2. The Morgan fingerprint density at radius 2 is 1.90 bits per heavy atom. The number of piperidine rings is 2. The zero-order chi connectivity index (χ0) is 21.1. The summed E-state index contributed by atoms with van der Waals surface area (Å²) in [5.74, 6) is 0.503. The molecule has 0 radical (unpaired) electrons. The highest BCUT2D eigenvalue weighted by Gasteiger charge is 2.40. The molecular weight excluding hydrogens is 384 g/mol. The van der Waals surface area contributed by atoms with Crippen molar-refractivity contribution < 1.29 is 19.1 Å². The first-order valence-corrected chi connectivity index (χ1v) is 10.9. The molecular formula is C22H30N4O4. The number of carbonyl (C=O) groups excluding carboxylic acids is 3. The lowest BCUT2D eigenvalue weighted by molar-refractivity contribution is -0.125. The summed E-state index contributed by atoms with van der Waals surface area (Å²) in [5.41, 5.74) is 0.459. The van der Waals surface area contributed by atoms with Crippen LogP contribution >= 0.6 is 0 Å². The average Bonchev–Trinajstić information content (AvgIpc) is 3.05. The van der Waals surface area contributed by atoms with E-state index in [0.29, 0.717) is 29.9 Å². The van der Waals surface area contributed by atoms with E-state index in [1.165, 1.54) is 38.8 Å². The zero-order valence-corrected chi connectivity index (χ0v) is 17.4. The lowest BCUT2D eigenvalue weighted by atomic mass is 9.83. The van der Waals surface area contributed by atoms with Crippen LogP contribution in [-0.4, -0.2) is 61.6 Å². The van der Waals surface area contributed by atoms with Gasteiger partial charge in [0.15, 0.2) is 0 Å². The number of rotatable bonds is 6. The van der Waals surface area contributed by atoms with Gasteiger partial charge in [0.05, 0.1) is 19.2 Å². The summed E-state index contributed by atoms with van der Waals surface area (Å²) in [5, 5.41) is 5.65. The van der Waals surface area contributed by atoms with E-state index >= 15 is 0 Å². The minimum atomic E-state index is -0.836. The number of benzene rings is 1. The van der Waals surface area contributed by atoms with Crippen molar-refractivity contribution in [1.29, 1.82) is 0 Å². The predicted octanol–water partition coefficient (Wildman–Crippen LogP) is 1.89. The number of carbonyl (C=O) groups is 3. The number of ether oxygens (including phenoxy) is 1. The van der Waals surface area contributed by atoms with Crippen molar-refractivity contribution in [2.75, 3.05) is 31.6 Å². The standard InChI is InChI=1S/C22H30N4O4/c1-30-17-9-7-16(8-10-17)26-21(28)18(24-22(26)29)13-20(27)23-14-15-5-4-12-25-11-3-2-6-19(15)25/h7-10,15,18-19H,2-6,11-14H2,1H3,(H,23,27)(H,24,29)/t15-,18+,19+/m0/s1. The van der Waals surface area contributed by atoms with Crippen LogP contribution in [0.4, 0.5) is 10.5 Å². The average molecular weight is 415 g/mol. The molecule has 8 heteroatoms. The molecule has 2 N–H and O–H groups in total. The van der Waals surface area contributed by atoms with Crippen LogP contribution in [-0.2, 0) is 9.59 Å². The molecule has 4 amide bonds. The molecule has 8 nitrogen and oxygen atoms in total. The largest absolute Gasteiger partial charge is 0.497 e. The van der Waals surface area contributed by atoms with Crippen LogP contribution in [0.15, 0.2) is 24.3 Å². The van der Waals surface area contributed by atoms with Gasteiger partial charge in [-0.25, -0.2) is 9.69 Å². The van der Waals surface area contributed by atoms with Crippen molar-refractivity contribution in [3.05, 3.63) is 24.3 Å². The molecule has 3 aliphatic heterocycles. The Labute approximate surface area is 176 Å². The van der Waals surface area contributed by atoms with E-state index in [9.17, 15) is 14.4 Å². The summed E-state index contributed by atoms with van der Waals surface area (Å²) in [6.45, 7) is 2.97. The highest BCUT2D eigenvalue weighted by atomic mass is 16.5. The number of fused-ring (bicyclic) bond motifs is 1. The van der Waals surface area contributed by atoms with Gasteiger partial charge < -0.3 is 20.3 Å². The number of anilines is 1. The van der Waals surface area contributed by atoms with E-state index in [2.05, 4.69) is 15.5 Å². The normalized spacial score (nSPS) is 26.8. The Balaban J connectivity index is 1.31. The fourth-order valence-corrected chi connectivity index (χ4v) is 4.96. The molecule has 1 aromatic carbocycles. The molecule has 0 saturated carbocycles. The quantitative estimate of drug-likeness (QED) is 0.694. The summed E-state index contributed by atoms with van der Waals surface area (Å²) in [6.07, 6.45) is 5.99. The fourth-order valence-electron chi connectivity index (χ4n) is 4.96. The van der Waals surface area contributed by atoms with Gasteiger partial charge in [-0.1, -0.05) is 6.42 Å². The SMILES string of the molecule is COc1ccc(N2C(=O)N[C@H](CC(=O)NC[C@@H]3CCCN4CCCC[C@H]34)C2=O)cc1. The first-order valence-electron chi connectivity index (χ1n) is 10.9. The topological polar surface area (TPSA) is 91.0 Å². The third kappa shape index (κ3) is 4.28. The van der Waals surface area contributed by atoms with E-state index in [0.717, 1.165) is 11.3 Å². The molecule has 162 valence electrons. The molecule has 0 bridgehead atoms.